The monoisotopic (exact) mass is 233 g/mol. The molecule has 0 saturated carbocycles. The van der Waals surface area contributed by atoms with Crippen LogP contribution in [-0.4, -0.2) is 17.1 Å². The first-order valence-electron chi connectivity index (χ1n) is 5.12. The average Bonchev–Trinajstić information content (AvgIpc) is 2.39. The van der Waals surface area contributed by atoms with Gasteiger partial charge in [0.15, 0.2) is 0 Å². The maximum atomic E-state index is 12.6. The third kappa shape index (κ3) is 3.14. The van der Waals surface area contributed by atoms with E-state index in [1.165, 1.54) is 12.3 Å². The maximum Gasteiger partial charge on any atom is 0.212 e. The lowest BCUT2D eigenvalue weighted by Crippen LogP contribution is -2.00. The van der Waals surface area contributed by atoms with E-state index in [0.717, 1.165) is 11.3 Å². The van der Waals surface area contributed by atoms with Crippen LogP contribution in [0, 0.1) is 5.95 Å². The molecule has 1 N–H and O–H groups in total. The van der Waals surface area contributed by atoms with E-state index in [0.29, 0.717) is 12.4 Å². The third-order valence-electron chi connectivity index (χ3n) is 2.23. The number of nitrogens with zero attached hydrogens (tertiary/aromatic N) is 2. The first-order chi connectivity index (χ1) is 8.28. The summed E-state index contributed by atoms with van der Waals surface area (Å²) in [5, 5.41) is 3.12. The highest BCUT2D eigenvalue weighted by molar-refractivity contribution is 5.40. The minimum absolute atomic E-state index is 0.485. The number of pyridine rings is 2. The Balaban J connectivity index is 1.95. The number of ether oxygens (including phenoxy) is 1. The number of aromatic nitrogens is 2. The van der Waals surface area contributed by atoms with Crippen LogP contribution in [0.3, 0.4) is 0 Å². The zero-order valence-corrected chi connectivity index (χ0v) is 9.35. The summed E-state index contributed by atoms with van der Waals surface area (Å²) in [6, 6.07) is 6.66. The van der Waals surface area contributed by atoms with Gasteiger partial charge in [-0.15, -0.1) is 0 Å². The van der Waals surface area contributed by atoms with Crippen LogP contribution in [0.2, 0.25) is 0 Å². The Morgan fingerprint density at radius 1 is 1.18 bits per heavy atom. The minimum atomic E-state index is -0.485. The van der Waals surface area contributed by atoms with Gasteiger partial charge in [-0.25, -0.2) is 9.97 Å². The van der Waals surface area contributed by atoms with Gasteiger partial charge in [0.1, 0.15) is 0 Å². The molecule has 2 heterocycles. The summed E-state index contributed by atoms with van der Waals surface area (Å²) in [7, 11) is 1.57. The predicted octanol–water partition coefficient (Wildman–Crippen LogP) is 2.24. The number of hydrogen-bond acceptors (Lipinski definition) is 4. The molecular weight excluding hydrogens is 221 g/mol. The molecule has 17 heavy (non-hydrogen) atoms. The summed E-state index contributed by atoms with van der Waals surface area (Å²) in [5.74, 6) is 0.0962. The first kappa shape index (κ1) is 11.3. The van der Waals surface area contributed by atoms with E-state index in [1.807, 2.05) is 6.07 Å². The van der Waals surface area contributed by atoms with E-state index in [4.69, 9.17) is 4.74 Å². The van der Waals surface area contributed by atoms with Gasteiger partial charge in [-0.05, 0) is 17.7 Å². The number of anilines is 1. The molecule has 0 amide bonds. The molecule has 0 atom stereocenters. The van der Waals surface area contributed by atoms with Crippen LogP contribution in [0.25, 0.3) is 0 Å². The molecule has 0 saturated heterocycles. The Morgan fingerprint density at radius 2 is 2.06 bits per heavy atom. The van der Waals surface area contributed by atoms with Crippen LogP contribution in [0.5, 0.6) is 5.88 Å². The van der Waals surface area contributed by atoms with Crippen molar-refractivity contribution in [2.75, 3.05) is 12.4 Å². The Morgan fingerprint density at radius 3 is 2.65 bits per heavy atom. The lowest BCUT2D eigenvalue weighted by Gasteiger charge is -2.06. The van der Waals surface area contributed by atoms with E-state index < -0.39 is 5.95 Å². The number of methoxy groups -OCH3 is 1. The van der Waals surface area contributed by atoms with Gasteiger partial charge >= 0.3 is 0 Å². The Bertz CT molecular complexity index is 470. The molecule has 4 nitrogen and oxygen atoms in total. The van der Waals surface area contributed by atoms with E-state index >= 15 is 0 Å². The zero-order valence-electron chi connectivity index (χ0n) is 9.35. The van der Waals surface area contributed by atoms with Crippen molar-refractivity contribution in [2.45, 2.75) is 6.54 Å². The Labute approximate surface area is 98.5 Å². The second-order valence-corrected chi connectivity index (χ2v) is 3.43. The molecule has 88 valence electrons. The summed E-state index contributed by atoms with van der Waals surface area (Å²) < 4.78 is 17.5. The molecule has 5 heteroatoms. The molecule has 0 aliphatic heterocycles. The molecule has 0 aliphatic rings. The number of rotatable bonds is 4. The molecule has 2 aromatic rings. The highest BCUT2D eigenvalue weighted by atomic mass is 19.1. The fraction of sp³-hybridized carbons (Fsp3) is 0.167. The molecule has 0 spiro atoms. The summed E-state index contributed by atoms with van der Waals surface area (Å²) in [4.78, 5) is 7.64. The number of nitrogens with one attached hydrogen (secondary N) is 1. The van der Waals surface area contributed by atoms with Crippen molar-refractivity contribution >= 4 is 5.69 Å². The van der Waals surface area contributed by atoms with Crippen molar-refractivity contribution in [1.29, 1.82) is 0 Å². The molecule has 0 aliphatic carbocycles. The van der Waals surface area contributed by atoms with Gasteiger partial charge in [-0.1, -0.05) is 6.07 Å². The molecule has 0 fully saturated rings. The van der Waals surface area contributed by atoms with Crippen molar-refractivity contribution in [3.8, 4) is 5.88 Å². The van der Waals surface area contributed by atoms with E-state index in [-0.39, 0.29) is 0 Å². The lowest BCUT2D eigenvalue weighted by molar-refractivity contribution is 0.397. The van der Waals surface area contributed by atoms with E-state index in [9.17, 15) is 4.39 Å². The van der Waals surface area contributed by atoms with Crippen LogP contribution in [-0.2, 0) is 6.54 Å². The molecule has 0 radical (unpaired) electrons. The van der Waals surface area contributed by atoms with Crippen LogP contribution >= 0.6 is 0 Å². The number of halogens is 1. The van der Waals surface area contributed by atoms with Crippen LogP contribution in [0.4, 0.5) is 10.1 Å². The van der Waals surface area contributed by atoms with E-state index in [1.54, 1.807) is 25.4 Å². The third-order valence-corrected chi connectivity index (χ3v) is 2.23. The van der Waals surface area contributed by atoms with Crippen molar-refractivity contribution in [1.82, 2.24) is 9.97 Å². The zero-order chi connectivity index (χ0) is 12.1. The fourth-order valence-electron chi connectivity index (χ4n) is 1.32. The molecule has 2 rings (SSSR count). The van der Waals surface area contributed by atoms with Gasteiger partial charge in [0.2, 0.25) is 11.8 Å². The average molecular weight is 233 g/mol. The molecule has 0 unspecified atom stereocenters. The SMILES string of the molecule is COc1ccc(CNc2ccc(F)nc2)cn1. The van der Waals surface area contributed by atoms with Crippen molar-refractivity contribution in [3.05, 3.63) is 48.2 Å². The second kappa shape index (κ2) is 5.25. The quantitative estimate of drug-likeness (QED) is 0.823. The topological polar surface area (TPSA) is 47.0 Å². The highest BCUT2D eigenvalue weighted by Crippen LogP contribution is 2.10. The predicted molar refractivity (Wildman–Crippen MR) is 62.3 cm³/mol. The van der Waals surface area contributed by atoms with Gasteiger partial charge in [0, 0.05) is 18.8 Å². The van der Waals surface area contributed by atoms with Crippen LogP contribution < -0.4 is 10.1 Å². The van der Waals surface area contributed by atoms with Gasteiger partial charge in [0.05, 0.1) is 19.0 Å². The van der Waals surface area contributed by atoms with Gasteiger partial charge in [-0.3, -0.25) is 0 Å². The molecular formula is C12H12FN3O. The summed E-state index contributed by atoms with van der Waals surface area (Å²) in [6.07, 6.45) is 3.18. The minimum Gasteiger partial charge on any atom is -0.481 e. The second-order valence-electron chi connectivity index (χ2n) is 3.43. The normalized spacial score (nSPS) is 10.0. The Kier molecular flexibility index (Phi) is 3.49. The highest BCUT2D eigenvalue weighted by Gasteiger charge is 1.97. The lowest BCUT2D eigenvalue weighted by atomic mass is 10.3. The largest absolute Gasteiger partial charge is 0.481 e. The van der Waals surface area contributed by atoms with E-state index in [2.05, 4.69) is 15.3 Å². The summed E-state index contributed by atoms with van der Waals surface area (Å²) in [5.41, 5.74) is 1.78. The van der Waals surface area contributed by atoms with Crippen molar-refractivity contribution < 1.29 is 9.13 Å². The smallest absolute Gasteiger partial charge is 0.212 e. The van der Waals surface area contributed by atoms with Gasteiger partial charge < -0.3 is 10.1 Å². The van der Waals surface area contributed by atoms with Crippen molar-refractivity contribution in [2.24, 2.45) is 0 Å². The number of hydrogen-bond donors (Lipinski definition) is 1. The summed E-state index contributed by atoms with van der Waals surface area (Å²) in [6.45, 7) is 0.601. The summed E-state index contributed by atoms with van der Waals surface area (Å²) >= 11 is 0. The van der Waals surface area contributed by atoms with Gasteiger partial charge in [-0.2, -0.15) is 4.39 Å². The Hall–Kier alpha value is -2.17. The van der Waals surface area contributed by atoms with Crippen molar-refractivity contribution in [3.63, 3.8) is 0 Å². The maximum absolute atomic E-state index is 12.6. The molecule has 0 bridgehead atoms. The molecule has 2 aromatic heterocycles. The fourth-order valence-corrected chi connectivity index (χ4v) is 1.32. The van der Waals surface area contributed by atoms with Gasteiger partial charge in [0.25, 0.3) is 0 Å². The molecule has 0 aromatic carbocycles. The van der Waals surface area contributed by atoms with Crippen LogP contribution in [0.15, 0.2) is 36.7 Å². The standard InChI is InChI=1S/C12H12FN3O/c1-17-12-5-2-9(7-16-12)6-14-10-3-4-11(13)15-8-10/h2-5,7-8,14H,6H2,1H3. The van der Waals surface area contributed by atoms with Crippen LogP contribution in [0.1, 0.15) is 5.56 Å². The first-order valence-corrected chi connectivity index (χ1v) is 5.12.